The first-order valence-electron chi connectivity index (χ1n) is 5.53. The Morgan fingerprint density at radius 1 is 1.59 bits per heavy atom. The molecule has 1 heterocycles. The number of pyridine rings is 1. The number of carbonyl (C=O) groups is 1. The van der Waals surface area contributed by atoms with Crippen molar-refractivity contribution in [3.05, 3.63) is 24.0 Å². The van der Waals surface area contributed by atoms with Crippen molar-refractivity contribution in [3.8, 4) is 6.07 Å². The van der Waals surface area contributed by atoms with E-state index in [0.29, 0.717) is 25.2 Å². The Morgan fingerprint density at radius 2 is 2.35 bits per heavy atom. The molecule has 0 aliphatic rings. The minimum absolute atomic E-state index is 0.134. The normalized spacial score (nSPS) is 9.47. The standard InChI is InChI=1S/C12H16N4O/c1-3-16(8-4-7-13)12(17)11-6-5-10(14-2)9-15-11/h5-6,9,14H,3-4,8H2,1-2H3. The lowest BCUT2D eigenvalue weighted by Gasteiger charge is -2.18. The molecule has 90 valence electrons. The number of nitrogens with one attached hydrogen (secondary N) is 1. The predicted octanol–water partition coefficient (Wildman–Crippen LogP) is 1.50. The first-order chi connectivity index (χ1) is 8.22. The van der Waals surface area contributed by atoms with Gasteiger partial charge in [-0.2, -0.15) is 5.26 Å². The fourth-order valence-corrected chi connectivity index (χ4v) is 1.42. The molecule has 0 aromatic carbocycles. The van der Waals surface area contributed by atoms with Crippen LogP contribution in [0.3, 0.4) is 0 Å². The molecular weight excluding hydrogens is 216 g/mol. The van der Waals surface area contributed by atoms with Crippen molar-refractivity contribution < 1.29 is 4.79 Å². The van der Waals surface area contributed by atoms with Crippen molar-refractivity contribution in [1.29, 1.82) is 5.26 Å². The minimum Gasteiger partial charge on any atom is -0.387 e. The van der Waals surface area contributed by atoms with E-state index in [-0.39, 0.29) is 5.91 Å². The number of hydrogen-bond acceptors (Lipinski definition) is 4. The van der Waals surface area contributed by atoms with Gasteiger partial charge < -0.3 is 10.2 Å². The zero-order chi connectivity index (χ0) is 12.7. The molecule has 0 saturated heterocycles. The topological polar surface area (TPSA) is 69.0 Å². The Bertz CT molecular complexity index is 408. The van der Waals surface area contributed by atoms with Crippen molar-refractivity contribution in [2.75, 3.05) is 25.5 Å². The van der Waals surface area contributed by atoms with E-state index in [1.165, 1.54) is 0 Å². The molecule has 17 heavy (non-hydrogen) atoms. The number of nitrogens with zero attached hydrogens (tertiary/aromatic N) is 3. The van der Waals surface area contributed by atoms with E-state index >= 15 is 0 Å². The van der Waals surface area contributed by atoms with Crippen LogP contribution in [-0.4, -0.2) is 35.9 Å². The van der Waals surface area contributed by atoms with Crippen molar-refractivity contribution in [2.45, 2.75) is 13.3 Å². The monoisotopic (exact) mass is 232 g/mol. The number of aromatic nitrogens is 1. The molecule has 0 aliphatic carbocycles. The van der Waals surface area contributed by atoms with Gasteiger partial charge in [-0.1, -0.05) is 0 Å². The lowest BCUT2D eigenvalue weighted by Crippen LogP contribution is -2.32. The molecule has 0 atom stereocenters. The molecule has 0 bridgehead atoms. The lowest BCUT2D eigenvalue weighted by atomic mass is 10.3. The van der Waals surface area contributed by atoms with Gasteiger partial charge >= 0.3 is 0 Å². The zero-order valence-corrected chi connectivity index (χ0v) is 10.1. The van der Waals surface area contributed by atoms with Crippen molar-refractivity contribution >= 4 is 11.6 Å². The van der Waals surface area contributed by atoms with E-state index in [0.717, 1.165) is 5.69 Å². The highest BCUT2D eigenvalue weighted by Gasteiger charge is 2.14. The maximum atomic E-state index is 12.0. The largest absolute Gasteiger partial charge is 0.387 e. The summed E-state index contributed by atoms with van der Waals surface area (Å²) in [4.78, 5) is 17.7. The van der Waals surface area contributed by atoms with E-state index in [1.807, 2.05) is 13.0 Å². The highest BCUT2D eigenvalue weighted by molar-refractivity contribution is 5.92. The third-order valence-electron chi connectivity index (χ3n) is 2.43. The molecule has 5 nitrogen and oxygen atoms in total. The maximum absolute atomic E-state index is 12.0. The van der Waals surface area contributed by atoms with Crippen LogP contribution >= 0.6 is 0 Å². The van der Waals surface area contributed by atoms with Gasteiger partial charge in [-0.3, -0.25) is 4.79 Å². The van der Waals surface area contributed by atoms with E-state index in [1.54, 1.807) is 30.3 Å². The van der Waals surface area contributed by atoms with Crippen LogP contribution in [0.15, 0.2) is 18.3 Å². The van der Waals surface area contributed by atoms with Crippen LogP contribution in [0.2, 0.25) is 0 Å². The smallest absolute Gasteiger partial charge is 0.272 e. The number of carbonyl (C=O) groups excluding carboxylic acids is 1. The second-order valence-corrected chi connectivity index (χ2v) is 3.48. The summed E-state index contributed by atoms with van der Waals surface area (Å²) in [5, 5.41) is 11.5. The number of hydrogen-bond donors (Lipinski definition) is 1. The molecule has 5 heteroatoms. The maximum Gasteiger partial charge on any atom is 0.272 e. The van der Waals surface area contributed by atoms with Crippen molar-refractivity contribution in [3.63, 3.8) is 0 Å². The van der Waals surface area contributed by atoms with Gasteiger partial charge in [0, 0.05) is 20.1 Å². The van der Waals surface area contributed by atoms with E-state index in [2.05, 4.69) is 10.3 Å². The summed E-state index contributed by atoms with van der Waals surface area (Å²) in [7, 11) is 1.80. The lowest BCUT2D eigenvalue weighted by molar-refractivity contribution is 0.0762. The zero-order valence-electron chi connectivity index (χ0n) is 10.1. The van der Waals surface area contributed by atoms with Crippen LogP contribution in [0.5, 0.6) is 0 Å². The second kappa shape index (κ2) is 6.48. The van der Waals surface area contributed by atoms with Crippen LogP contribution < -0.4 is 5.32 Å². The van der Waals surface area contributed by atoms with E-state index in [4.69, 9.17) is 5.26 Å². The summed E-state index contributed by atoms with van der Waals surface area (Å²) < 4.78 is 0. The van der Waals surface area contributed by atoms with Gasteiger partial charge in [-0.15, -0.1) is 0 Å². The first-order valence-corrected chi connectivity index (χ1v) is 5.53. The Kier molecular flexibility index (Phi) is 4.95. The third-order valence-corrected chi connectivity index (χ3v) is 2.43. The summed E-state index contributed by atoms with van der Waals surface area (Å²) in [6.45, 7) is 2.91. The van der Waals surface area contributed by atoms with Gasteiger partial charge in [0.1, 0.15) is 5.69 Å². The molecule has 1 amide bonds. The Morgan fingerprint density at radius 3 is 2.82 bits per heavy atom. The molecule has 0 radical (unpaired) electrons. The second-order valence-electron chi connectivity index (χ2n) is 3.48. The molecule has 0 unspecified atom stereocenters. The number of rotatable bonds is 5. The van der Waals surface area contributed by atoms with Crippen LogP contribution in [-0.2, 0) is 0 Å². The third kappa shape index (κ3) is 3.45. The number of nitriles is 1. The van der Waals surface area contributed by atoms with Gasteiger partial charge in [-0.25, -0.2) is 4.98 Å². The molecule has 0 aliphatic heterocycles. The molecule has 1 aromatic heterocycles. The Labute approximate surface area is 101 Å². The average molecular weight is 232 g/mol. The summed E-state index contributed by atoms with van der Waals surface area (Å²) in [6, 6.07) is 5.52. The Hall–Kier alpha value is -2.09. The highest BCUT2D eigenvalue weighted by Crippen LogP contribution is 2.07. The molecule has 1 aromatic rings. The molecule has 0 saturated carbocycles. The average Bonchev–Trinajstić information content (AvgIpc) is 2.39. The number of anilines is 1. The minimum atomic E-state index is -0.134. The van der Waals surface area contributed by atoms with Crippen molar-refractivity contribution in [2.24, 2.45) is 0 Å². The van der Waals surface area contributed by atoms with Gasteiger partial charge in [0.25, 0.3) is 5.91 Å². The quantitative estimate of drug-likeness (QED) is 0.835. The summed E-state index contributed by atoms with van der Waals surface area (Å²) in [5.74, 6) is -0.134. The molecular formula is C12H16N4O. The summed E-state index contributed by atoms with van der Waals surface area (Å²) >= 11 is 0. The van der Waals surface area contributed by atoms with Gasteiger partial charge in [0.2, 0.25) is 0 Å². The Balaban J connectivity index is 2.75. The molecule has 1 N–H and O–H groups in total. The van der Waals surface area contributed by atoms with E-state index < -0.39 is 0 Å². The fraction of sp³-hybridized carbons (Fsp3) is 0.417. The van der Waals surface area contributed by atoms with E-state index in [9.17, 15) is 4.79 Å². The summed E-state index contributed by atoms with van der Waals surface area (Å²) in [5.41, 5.74) is 1.27. The number of amides is 1. The van der Waals surface area contributed by atoms with Gasteiger partial charge in [0.15, 0.2) is 0 Å². The van der Waals surface area contributed by atoms with Crippen molar-refractivity contribution in [1.82, 2.24) is 9.88 Å². The predicted molar refractivity (Wildman–Crippen MR) is 65.6 cm³/mol. The summed E-state index contributed by atoms with van der Waals surface area (Å²) in [6.07, 6.45) is 1.96. The van der Waals surface area contributed by atoms with Gasteiger partial charge in [0.05, 0.1) is 24.4 Å². The highest BCUT2D eigenvalue weighted by atomic mass is 16.2. The molecule has 1 rings (SSSR count). The van der Waals surface area contributed by atoms with Gasteiger partial charge in [-0.05, 0) is 19.1 Å². The molecule has 0 fully saturated rings. The van der Waals surface area contributed by atoms with Crippen LogP contribution in [0.4, 0.5) is 5.69 Å². The SMILES string of the molecule is CCN(CCC#N)C(=O)c1ccc(NC)cn1. The van der Waals surface area contributed by atoms with Crippen LogP contribution in [0.1, 0.15) is 23.8 Å². The van der Waals surface area contributed by atoms with Crippen LogP contribution in [0.25, 0.3) is 0 Å². The molecule has 0 spiro atoms. The first kappa shape index (κ1) is 13.0. The van der Waals surface area contributed by atoms with Crippen LogP contribution in [0, 0.1) is 11.3 Å². The fourth-order valence-electron chi connectivity index (χ4n) is 1.42.